The Morgan fingerprint density at radius 1 is 1.20 bits per heavy atom. The lowest BCUT2D eigenvalue weighted by Gasteiger charge is -2.13. The van der Waals surface area contributed by atoms with Gasteiger partial charge in [-0.3, -0.25) is 0 Å². The van der Waals surface area contributed by atoms with Crippen LogP contribution in [0.3, 0.4) is 0 Å². The largest absolute Gasteiger partial charge is 0.309 e. The molecule has 3 nitrogen and oxygen atoms in total. The Balaban J connectivity index is 2.14. The van der Waals surface area contributed by atoms with Gasteiger partial charge in [-0.2, -0.15) is 0 Å². The average Bonchev–Trinajstić information content (AvgIpc) is 3.02. The van der Waals surface area contributed by atoms with E-state index < -0.39 is 0 Å². The maximum absolute atomic E-state index is 4.73. The minimum atomic E-state index is 0.110. The Kier molecular flexibility index (Phi) is 4.94. The summed E-state index contributed by atoms with van der Waals surface area (Å²) in [6.45, 7) is 11.9. The summed E-state index contributed by atoms with van der Waals surface area (Å²) in [7, 11) is 0. The number of nitrogens with zero attached hydrogens (tertiary/aromatic N) is 2. The van der Waals surface area contributed by atoms with E-state index in [0.29, 0.717) is 6.04 Å². The van der Waals surface area contributed by atoms with Gasteiger partial charge in [0.2, 0.25) is 0 Å². The summed E-state index contributed by atoms with van der Waals surface area (Å²) in [5.74, 6) is 0. The van der Waals surface area contributed by atoms with Gasteiger partial charge in [0.1, 0.15) is 10.7 Å². The van der Waals surface area contributed by atoms with Crippen LogP contribution >= 0.6 is 22.7 Å². The van der Waals surface area contributed by atoms with E-state index in [1.165, 1.54) is 5.01 Å². The number of hydrogen-bond acceptors (Lipinski definition) is 5. The maximum atomic E-state index is 4.73. The minimum Gasteiger partial charge on any atom is -0.309 e. The number of aromatic nitrogens is 2. The standard InChI is InChI=1S/C15H23N3S2/c1-6-7-16-10(2)11-8-19-13(17-11)12-9-20-14(18-12)15(3,4)5/h8-10,16H,6-7H2,1-5H3. The second-order valence-corrected chi connectivity index (χ2v) is 7.76. The van der Waals surface area contributed by atoms with Gasteiger partial charge in [-0.25, -0.2) is 9.97 Å². The van der Waals surface area contributed by atoms with Gasteiger partial charge in [0.15, 0.2) is 0 Å². The van der Waals surface area contributed by atoms with Gasteiger partial charge in [0, 0.05) is 22.2 Å². The van der Waals surface area contributed by atoms with Crippen LogP contribution in [-0.4, -0.2) is 16.5 Å². The quantitative estimate of drug-likeness (QED) is 0.875. The molecule has 0 aliphatic rings. The second-order valence-electron chi connectivity index (χ2n) is 6.04. The molecule has 20 heavy (non-hydrogen) atoms. The number of nitrogens with one attached hydrogen (secondary N) is 1. The highest BCUT2D eigenvalue weighted by Crippen LogP contribution is 2.32. The highest BCUT2D eigenvalue weighted by atomic mass is 32.1. The van der Waals surface area contributed by atoms with Crippen LogP contribution < -0.4 is 5.32 Å². The molecule has 0 saturated carbocycles. The molecule has 2 aromatic rings. The topological polar surface area (TPSA) is 37.8 Å². The van der Waals surface area contributed by atoms with Gasteiger partial charge in [-0.05, 0) is 19.9 Å². The molecule has 0 bridgehead atoms. The third-order valence-corrected chi connectivity index (χ3v) is 5.18. The lowest BCUT2D eigenvalue weighted by atomic mass is 9.98. The second kappa shape index (κ2) is 6.33. The van der Waals surface area contributed by atoms with Crippen LogP contribution in [-0.2, 0) is 5.41 Å². The first-order valence-electron chi connectivity index (χ1n) is 7.07. The first kappa shape index (κ1) is 15.6. The Labute approximate surface area is 129 Å². The molecule has 1 N–H and O–H groups in total. The average molecular weight is 310 g/mol. The van der Waals surface area contributed by atoms with Crippen molar-refractivity contribution >= 4 is 22.7 Å². The van der Waals surface area contributed by atoms with Crippen LogP contribution in [0.2, 0.25) is 0 Å². The first-order chi connectivity index (χ1) is 9.41. The highest BCUT2D eigenvalue weighted by molar-refractivity contribution is 7.14. The van der Waals surface area contributed by atoms with Crippen LogP contribution in [0.4, 0.5) is 0 Å². The summed E-state index contributed by atoms with van der Waals surface area (Å²) in [6.07, 6.45) is 1.14. The summed E-state index contributed by atoms with van der Waals surface area (Å²) in [5, 5.41) is 9.92. The molecule has 2 heterocycles. The smallest absolute Gasteiger partial charge is 0.143 e. The number of thiazole rings is 2. The normalized spacial score (nSPS) is 13.7. The Morgan fingerprint density at radius 3 is 2.55 bits per heavy atom. The van der Waals surface area contributed by atoms with Crippen molar-refractivity contribution in [2.45, 2.75) is 52.5 Å². The molecule has 0 aliphatic carbocycles. The zero-order valence-corrected chi connectivity index (χ0v) is 14.5. The van der Waals surface area contributed by atoms with Gasteiger partial charge >= 0.3 is 0 Å². The lowest BCUT2D eigenvalue weighted by Crippen LogP contribution is -2.19. The van der Waals surface area contributed by atoms with E-state index >= 15 is 0 Å². The summed E-state index contributed by atoms with van der Waals surface area (Å²) in [6, 6.07) is 0.306. The van der Waals surface area contributed by atoms with Crippen LogP contribution in [0, 0.1) is 0 Å². The van der Waals surface area contributed by atoms with E-state index in [2.05, 4.69) is 50.7 Å². The van der Waals surface area contributed by atoms with Crippen LogP contribution in [0.5, 0.6) is 0 Å². The third kappa shape index (κ3) is 3.65. The van der Waals surface area contributed by atoms with Gasteiger partial charge in [-0.1, -0.05) is 27.7 Å². The zero-order valence-electron chi connectivity index (χ0n) is 12.9. The van der Waals surface area contributed by atoms with Gasteiger partial charge in [0.05, 0.1) is 10.7 Å². The Morgan fingerprint density at radius 2 is 1.95 bits per heavy atom. The van der Waals surface area contributed by atoms with Crippen molar-refractivity contribution in [3.8, 4) is 10.7 Å². The third-order valence-electron chi connectivity index (χ3n) is 3.03. The van der Waals surface area contributed by atoms with E-state index in [1.807, 2.05) is 0 Å². The van der Waals surface area contributed by atoms with Crippen molar-refractivity contribution in [2.24, 2.45) is 0 Å². The molecular formula is C15H23N3S2. The first-order valence-corrected chi connectivity index (χ1v) is 8.83. The fourth-order valence-corrected chi connectivity index (χ4v) is 3.62. The van der Waals surface area contributed by atoms with Crippen molar-refractivity contribution in [3.63, 3.8) is 0 Å². The van der Waals surface area contributed by atoms with Crippen LogP contribution in [0.1, 0.15) is 57.8 Å². The summed E-state index contributed by atoms with van der Waals surface area (Å²) < 4.78 is 0. The zero-order chi connectivity index (χ0) is 14.8. The van der Waals surface area contributed by atoms with E-state index in [0.717, 1.165) is 29.4 Å². The molecule has 0 fully saturated rings. The molecule has 0 aromatic carbocycles. The fourth-order valence-electron chi connectivity index (χ4n) is 1.78. The molecule has 0 saturated heterocycles. The molecule has 2 rings (SSSR count). The summed E-state index contributed by atoms with van der Waals surface area (Å²) in [4.78, 5) is 9.46. The number of rotatable bonds is 5. The van der Waals surface area contributed by atoms with Crippen molar-refractivity contribution < 1.29 is 0 Å². The van der Waals surface area contributed by atoms with E-state index in [9.17, 15) is 0 Å². The molecule has 0 spiro atoms. The van der Waals surface area contributed by atoms with Crippen molar-refractivity contribution in [1.29, 1.82) is 0 Å². The lowest BCUT2D eigenvalue weighted by molar-refractivity contribution is 0.561. The van der Waals surface area contributed by atoms with Crippen molar-refractivity contribution in [2.75, 3.05) is 6.54 Å². The molecule has 0 radical (unpaired) electrons. The molecule has 0 aliphatic heterocycles. The molecule has 1 unspecified atom stereocenters. The molecule has 0 amide bonds. The molecule has 5 heteroatoms. The fraction of sp³-hybridized carbons (Fsp3) is 0.600. The predicted molar refractivity (Wildman–Crippen MR) is 88.6 cm³/mol. The van der Waals surface area contributed by atoms with Crippen LogP contribution in [0.15, 0.2) is 10.8 Å². The van der Waals surface area contributed by atoms with Gasteiger partial charge < -0.3 is 5.32 Å². The number of hydrogen-bond donors (Lipinski definition) is 1. The Hall–Kier alpha value is -0.780. The van der Waals surface area contributed by atoms with Crippen molar-refractivity contribution in [1.82, 2.24) is 15.3 Å². The summed E-state index contributed by atoms with van der Waals surface area (Å²) >= 11 is 3.40. The van der Waals surface area contributed by atoms with Crippen LogP contribution in [0.25, 0.3) is 10.7 Å². The molecule has 1 atom stereocenters. The predicted octanol–water partition coefficient (Wildman–Crippen LogP) is 4.62. The van der Waals surface area contributed by atoms with Gasteiger partial charge in [-0.15, -0.1) is 22.7 Å². The van der Waals surface area contributed by atoms with E-state index in [4.69, 9.17) is 9.97 Å². The van der Waals surface area contributed by atoms with Gasteiger partial charge in [0.25, 0.3) is 0 Å². The van der Waals surface area contributed by atoms with E-state index in [-0.39, 0.29) is 5.41 Å². The SMILES string of the molecule is CCCNC(C)c1csc(-c2csc(C(C)(C)C)n2)n1. The Bertz CT molecular complexity index is 551. The molecule has 2 aromatic heterocycles. The maximum Gasteiger partial charge on any atom is 0.143 e. The van der Waals surface area contributed by atoms with E-state index in [1.54, 1.807) is 22.7 Å². The molecular weight excluding hydrogens is 286 g/mol. The molecule has 110 valence electrons. The van der Waals surface area contributed by atoms with Crippen molar-refractivity contribution in [3.05, 3.63) is 21.5 Å². The minimum absolute atomic E-state index is 0.110. The summed E-state index contributed by atoms with van der Waals surface area (Å²) in [5.41, 5.74) is 2.24. The monoisotopic (exact) mass is 309 g/mol. The highest BCUT2D eigenvalue weighted by Gasteiger charge is 2.19.